The smallest absolute Gasteiger partial charge is 0.272 e. The van der Waals surface area contributed by atoms with Gasteiger partial charge in [-0.05, 0) is 6.07 Å². The van der Waals surface area contributed by atoms with E-state index in [1.807, 2.05) is 6.07 Å². The van der Waals surface area contributed by atoms with Crippen molar-refractivity contribution >= 4 is 17.3 Å². The molecule has 1 saturated carbocycles. The van der Waals surface area contributed by atoms with Gasteiger partial charge in [0.05, 0.1) is 17.4 Å². The number of fused-ring (bicyclic) bond motifs is 1. The van der Waals surface area contributed by atoms with Crippen LogP contribution in [0.3, 0.4) is 0 Å². The molecule has 0 unspecified atom stereocenters. The summed E-state index contributed by atoms with van der Waals surface area (Å²) in [6, 6.07) is 4.42. The summed E-state index contributed by atoms with van der Waals surface area (Å²) < 4.78 is 19.0. The molecule has 1 heterocycles. The lowest BCUT2D eigenvalue weighted by Crippen LogP contribution is -2.47. The van der Waals surface area contributed by atoms with Crippen LogP contribution < -0.4 is 15.4 Å². The highest BCUT2D eigenvalue weighted by molar-refractivity contribution is 6.05. The molecule has 2 aliphatic rings. The molecule has 0 radical (unpaired) electrons. The largest absolute Gasteiger partial charge is 0.475 e. The Hall–Kier alpha value is -2.29. The normalized spacial score (nSPS) is 19.1. The lowest BCUT2D eigenvalue weighted by Gasteiger charge is -2.33. The first-order valence-electron chi connectivity index (χ1n) is 5.54. The Morgan fingerprint density at radius 1 is 1.56 bits per heavy atom. The summed E-state index contributed by atoms with van der Waals surface area (Å²) in [7, 11) is 0. The molecule has 1 aromatic rings. The van der Waals surface area contributed by atoms with Crippen molar-refractivity contribution in [1.29, 1.82) is 5.26 Å². The molecule has 1 fully saturated rings. The molecule has 2 N–H and O–H groups in total. The maximum Gasteiger partial charge on any atom is 0.272 e. The Morgan fingerprint density at radius 3 is 2.89 bits per heavy atom. The van der Waals surface area contributed by atoms with Crippen LogP contribution in [0.1, 0.15) is 12.8 Å². The minimum absolute atomic E-state index is 0.0696. The number of anilines is 2. The molecule has 6 heteroatoms. The van der Waals surface area contributed by atoms with E-state index >= 15 is 0 Å². The fourth-order valence-electron chi connectivity index (χ4n) is 2.12. The molecule has 0 bridgehead atoms. The van der Waals surface area contributed by atoms with Gasteiger partial charge in [0, 0.05) is 18.9 Å². The standard InChI is InChI=1S/C12H10FN3O2/c13-7-5-10-9(6-8(7)15)16(4-3-14)11(17)12(18-10)1-2-12/h5-6H,1-2,4,15H2. The maximum atomic E-state index is 13.4. The molecule has 5 nitrogen and oxygen atoms in total. The number of nitriles is 1. The van der Waals surface area contributed by atoms with Crippen molar-refractivity contribution in [3.05, 3.63) is 17.9 Å². The van der Waals surface area contributed by atoms with Gasteiger partial charge in [-0.1, -0.05) is 0 Å². The van der Waals surface area contributed by atoms with Crippen LogP contribution in [-0.2, 0) is 4.79 Å². The SMILES string of the molecule is N#CCN1C(=O)C2(CC2)Oc2cc(F)c(N)cc21. The monoisotopic (exact) mass is 247 g/mol. The molecule has 1 aliphatic heterocycles. The third-order valence-corrected chi connectivity index (χ3v) is 3.24. The van der Waals surface area contributed by atoms with Gasteiger partial charge in [-0.25, -0.2) is 4.39 Å². The summed E-state index contributed by atoms with van der Waals surface area (Å²) in [5.41, 5.74) is 4.89. The van der Waals surface area contributed by atoms with E-state index in [9.17, 15) is 9.18 Å². The van der Waals surface area contributed by atoms with Crippen molar-refractivity contribution in [2.75, 3.05) is 17.2 Å². The molecule has 3 rings (SSSR count). The topological polar surface area (TPSA) is 79.3 Å². The number of nitrogens with zero attached hydrogens (tertiary/aromatic N) is 2. The number of nitrogens with two attached hydrogens (primary N) is 1. The highest BCUT2D eigenvalue weighted by Crippen LogP contribution is 2.49. The molecule has 18 heavy (non-hydrogen) atoms. The van der Waals surface area contributed by atoms with Crippen molar-refractivity contribution in [3.8, 4) is 11.8 Å². The van der Waals surface area contributed by atoms with E-state index in [2.05, 4.69) is 0 Å². The van der Waals surface area contributed by atoms with Gasteiger partial charge in [0.15, 0.2) is 5.60 Å². The van der Waals surface area contributed by atoms with E-state index in [0.29, 0.717) is 18.5 Å². The number of ether oxygens (including phenoxy) is 1. The summed E-state index contributed by atoms with van der Waals surface area (Å²) in [6.45, 7) is -0.0952. The van der Waals surface area contributed by atoms with Gasteiger partial charge in [0.25, 0.3) is 5.91 Å². The number of hydrogen-bond donors (Lipinski definition) is 1. The molecule has 1 amide bonds. The van der Waals surface area contributed by atoms with Crippen molar-refractivity contribution in [2.45, 2.75) is 18.4 Å². The van der Waals surface area contributed by atoms with Crippen LogP contribution in [-0.4, -0.2) is 18.1 Å². The summed E-state index contributed by atoms with van der Waals surface area (Å²) in [5.74, 6) is -0.563. The minimum Gasteiger partial charge on any atom is -0.475 e. The highest BCUT2D eigenvalue weighted by Gasteiger charge is 2.58. The van der Waals surface area contributed by atoms with Crippen LogP contribution in [0.5, 0.6) is 5.75 Å². The van der Waals surface area contributed by atoms with Gasteiger partial charge < -0.3 is 10.5 Å². The van der Waals surface area contributed by atoms with Crippen molar-refractivity contribution in [2.24, 2.45) is 0 Å². The molecule has 0 atom stereocenters. The Bertz CT molecular complexity index is 590. The second kappa shape index (κ2) is 3.35. The third-order valence-electron chi connectivity index (χ3n) is 3.24. The summed E-state index contributed by atoms with van der Waals surface area (Å²) >= 11 is 0. The zero-order valence-electron chi connectivity index (χ0n) is 9.44. The zero-order valence-corrected chi connectivity index (χ0v) is 9.44. The second-order valence-corrected chi connectivity index (χ2v) is 4.49. The molecule has 92 valence electrons. The Morgan fingerprint density at radius 2 is 2.28 bits per heavy atom. The van der Waals surface area contributed by atoms with Crippen LogP contribution >= 0.6 is 0 Å². The van der Waals surface area contributed by atoms with Crippen molar-refractivity contribution in [3.63, 3.8) is 0 Å². The van der Waals surface area contributed by atoms with Crippen LogP contribution in [0, 0.1) is 17.1 Å². The predicted molar refractivity (Wildman–Crippen MR) is 61.4 cm³/mol. The number of amides is 1. The first kappa shape index (κ1) is 10.8. The number of rotatable bonds is 1. The van der Waals surface area contributed by atoms with Gasteiger partial charge in [0.2, 0.25) is 0 Å². The number of carbonyl (C=O) groups excluding carboxylic acids is 1. The molecule has 1 aliphatic carbocycles. The summed E-state index contributed by atoms with van der Waals surface area (Å²) in [6.07, 6.45) is 1.19. The molecule has 1 spiro atoms. The van der Waals surface area contributed by atoms with E-state index in [-0.39, 0.29) is 23.9 Å². The van der Waals surface area contributed by atoms with E-state index in [0.717, 1.165) is 0 Å². The number of halogens is 1. The van der Waals surface area contributed by atoms with E-state index in [1.54, 1.807) is 0 Å². The van der Waals surface area contributed by atoms with Gasteiger partial charge in [0.1, 0.15) is 18.1 Å². The van der Waals surface area contributed by atoms with Crippen molar-refractivity contribution in [1.82, 2.24) is 0 Å². The van der Waals surface area contributed by atoms with Gasteiger partial charge in [-0.15, -0.1) is 0 Å². The first-order chi connectivity index (χ1) is 8.57. The maximum absolute atomic E-state index is 13.4. The molecule has 0 aromatic heterocycles. The Kier molecular flexibility index (Phi) is 2.02. The number of carbonyl (C=O) groups is 1. The third kappa shape index (κ3) is 1.34. The molecule has 0 saturated heterocycles. The average molecular weight is 247 g/mol. The van der Waals surface area contributed by atoms with Crippen LogP contribution in [0.25, 0.3) is 0 Å². The molecular formula is C12H10FN3O2. The van der Waals surface area contributed by atoms with Crippen LogP contribution in [0.2, 0.25) is 0 Å². The summed E-state index contributed by atoms with van der Waals surface area (Å²) in [4.78, 5) is 13.5. The Balaban J connectivity index is 2.14. The fourth-order valence-corrected chi connectivity index (χ4v) is 2.12. The zero-order chi connectivity index (χ0) is 12.9. The van der Waals surface area contributed by atoms with Crippen LogP contribution in [0.4, 0.5) is 15.8 Å². The fraction of sp³-hybridized carbons (Fsp3) is 0.333. The van der Waals surface area contributed by atoms with Crippen molar-refractivity contribution < 1.29 is 13.9 Å². The van der Waals surface area contributed by atoms with E-state index in [4.69, 9.17) is 15.7 Å². The van der Waals surface area contributed by atoms with Gasteiger partial charge in [-0.2, -0.15) is 5.26 Å². The van der Waals surface area contributed by atoms with E-state index in [1.165, 1.54) is 17.0 Å². The van der Waals surface area contributed by atoms with E-state index < -0.39 is 11.4 Å². The lowest BCUT2D eigenvalue weighted by atomic mass is 10.1. The average Bonchev–Trinajstić information content (AvgIpc) is 3.09. The molecular weight excluding hydrogens is 237 g/mol. The molecule has 1 aromatic carbocycles. The Labute approximate surface area is 103 Å². The highest BCUT2D eigenvalue weighted by atomic mass is 19.1. The number of benzene rings is 1. The lowest BCUT2D eigenvalue weighted by molar-refractivity contribution is -0.128. The van der Waals surface area contributed by atoms with Gasteiger partial charge >= 0.3 is 0 Å². The quantitative estimate of drug-likeness (QED) is 0.597. The minimum atomic E-state index is -0.883. The second-order valence-electron chi connectivity index (χ2n) is 4.49. The predicted octanol–water partition coefficient (Wildman–Crippen LogP) is 1.19. The number of nitrogen functional groups attached to an aromatic ring is 1. The summed E-state index contributed by atoms with van der Waals surface area (Å²) in [5, 5.41) is 8.79. The number of hydrogen-bond acceptors (Lipinski definition) is 4. The first-order valence-corrected chi connectivity index (χ1v) is 5.54. The van der Waals surface area contributed by atoms with Crippen LogP contribution in [0.15, 0.2) is 12.1 Å². The van der Waals surface area contributed by atoms with Gasteiger partial charge in [-0.3, -0.25) is 9.69 Å².